The standard InChI is InChI=1S/C25H28N2O5/c1-13-22-14(18(29-3)7-9-20(22)31-5)11-16-24-23-15(19(30-4)8-10-21(23)32-6)12-17(26(24)2)25(28)27(13)16/h7-11,13,17,24H,12H2,1-6H3/t13-,17+,24+/m1/s1. The number of carbonyl (C=O) groups is 1. The summed E-state index contributed by atoms with van der Waals surface area (Å²) in [6, 6.07) is 7.03. The number of rotatable bonds is 4. The Balaban J connectivity index is 1.81. The highest BCUT2D eigenvalue weighted by atomic mass is 16.5. The molecule has 0 saturated carbocycles. The lowest BCUT2D eigenvalue weighted by molar-refractivity contribution is -0.143. The van der Waals surface area contributed by atoms with E-state index in [4.69, 9.17) is 18.9 Å². The number of hydrogen-bond donors (Lipinski definition) is 0. The molecule has 3 aliphatic rings. The molecule has 0 spiro atoms. The van der Waals surface area contributed by atoms with Gasteiger partial charge in [-0.15, -0.1) is 0 Å². The molecule has 1 saturated heterocycles. The van der Waals surface area contributed by atoms with E-state index in [9.17, 15) is 4.79 Å². The SMILES string of the molecule is COc1ccc(OC)c2c1C=C1[C@H]3c4c(OC)ccc(OC)c4C[C@@H](C(=O)N1[C@@H]2C)N3C. The highest BCUT2D eigenvalue weighted by molar-refractivity contribution is 5.90. The number of carbonyl (C=O) groups excluding carboxylic acids is 1. The summed E-state index contributed by atoms with van der Waals surface area (Å²) in [7, 11) is 8.68. The number of methoxy groups -OCH3 is 4. The van der Waals surface area contributed by atoms with Gasteiger partial charge in [0.25, 0.3) is 0 Å². The molecular weight excluding hydrogens is 408 g/mol. The average Bonchev–Trinajstić information content (AvgIpc) is 2.80. The summed E-state index contributed by atoms with van der Waals surface area (Å²) in [6.45, 7) is 2.05. The van der Waals surface area contributed by atoms with Gasteiger partial charge in [-0.3, -0.25) is 9.69 Å². The van der Waals surface area contributed by atoms with E-state index in [1.807, 2.05) is 36.2 Å². The van der Waals surface area contributed by atoms with Gasteiger partial charge in [0, 0.05) is 34.4 Å². The minimum absolute atomic E-state index is 0.0774. The molecule has 7 heteroatoms. The van der Waals surface area contributed by atoms with E-state index in [-0.39, 0.29) is 24.0 Å². The molecule has 32 heavy (non-hydrogen) atoms. The maximum atomic E-state index is 13.8. The Morgan fingerprint density at radius 3 is 2.03 bits per heavy atom. The molecule has 0 radical (unpaired) electrons. The lowest BCUT2D eigenvalue weighted by atomic mass is 9.78. The zero-order chi connectivity index (χ0) is 22.7. The number of piperazine rings is 1. The van der Waals surface area contributed by atoms with Crippen LogP contribution in [0.2, 0.25) is 0 Å². The molecule has 2 aromatic rings. The van der Waals surface area contributed by atoms with Crippen molar-refractivity contribution in [3.63, 3.8) is 0 Å². The first kappa shape index (κ1) is 20.7. The van der Waals surface area contributed by atoms with Gasteiger partial charge in [-0.1, -0.05) is 0 Å². The summed E-state index contributed by atoms with van der Waals surface area (Å²) in [4.78, 5) is 17.9. The van der Waals surface area contributed by atoms with Gasteiger partial charge in [0.05, 0.1) is 46.6 Å². The van der Waals surface area contributed by atoms with Crippen molar-refractivity contribution in [3.05, 3.63) is 52.2 Å². The molecule has 0 unspecified atom stereocenters. The minimum Gasteiger partial charge on any atom is -0.496 e. The van der Waals surface area contributed by atoms with Crippen LogP contribution in [0.4, 0.5) is 0 Å². The third-order valence-electron chi connectivity index (χ3n) is 7.11. The molecule has 0 aromatic heterocycles. The van der Waals surface area contributed by atoms with Crippen LogP contribution in [-0.2, 0) is 11.2 Å². The zero-order valence-electron chi connectivity index (χ0n) is 19.3. The lowest BCUT2D eigenvalue weighted by Gasteiger charge is -2.53. The Bertz CT molecular complexity index is 1140. The fourth-order valence-electron chi connectivity index (χ4n) is 5.63. The molecule has 1 amide bonds. The smallest absolute Gasteiger partial charge is 0.245 e. The molecule has 168 valence electrons. The molecule has 0 N–H and O–H groups in total. The van der Waals surface area contributed by atoms with Crippen LogP contribution >= 0.6 is 0 Å². The van der Waals surface area contributed by atoms with Crippen molar-refractivity contribution in [3.8, 4) is 23.0 Å². The van der Waals surface area contributed by atoms with Crippen molar-refractivity contribution in [2.24, 2.45) is 0 Å². The maximum Gasteiger partial charge on any atom is 0.245 e. The van der Waals surface area contributed by atoms with Crippen LogP contribution in [0.5, 0.6) is 23.0 Å². The molecule has 3 aliphatic heterocycles. The summed E-state index contributed by atoms with van der Waals surface area (Å²) in [5, 5.41) is 0. The van der Waals surface area contributed by atoms with Crippen molar-refractivity contribution in [1.82, 2.24) is 9.80 Å². The van der Waals surface area contributed by atoms with Crippen LogP contribution in [0, 0.1) is 0 Å². The Kier molecular flexibility index (Phi) is 4.82. The molecule has 5 rings (SSSR count). The van der Waals surface area contributed by atoms with Crippen molar-refractivity contribution in [1.29, 1.82) is 0 Å². The van der Waals surface area contributed by atoms with Crippen LogP contribution in [-0.4, -0.2) is 57.2 Å². The number of ether oxygens (including phenoxy) is 4. The lowest BCUT2D eigenvalue weighted by Crippen LogP contribution is -2.59. The van der Waals surface area contributed by atoms with Gasteiger partial charge in [0.1, 0.15) is 23.0 Å². The monoisotopic (exact) mass is 436 g/mol. The second-order valence-corrected chi connectivity index (χ2v) is 8.40. The van der Waals surface area contributed by atoms with Crippen molar-refractivity contribution in [2.75, 3.05) is 35.5 Å². The average molecular weight is 437 g/mol. The summed E-state index contributed by atoms with van der Waals surface area (Å²) in [5.74, 6) is 3.16. The summed E-state index contributed by atoms with van der Waals surface area (Å²) >= 11 is 0. The number of fused-ring (bicyclic) bond motifs is 7. The number of benzene rings is 2. The van der Waals surface area contributed by atoms with Crippen molar-refractivity contribution >= 4 is 12.0 Å². The Morgan fingerprint density at radius 2 is 1.41 bits per heavy atom. The van der Waals surface area contributed by atoms with Crippen LogP contribution in [0.3, 0.4) is 0 Å². The molecule has 3 heterocycles. The molecule has 7 nitrogen and oxygen atoms in total. The highest BCUT2D eigenvalue weighted by Crippen LogP contribution is 2.54. The van der Waals surface area contributed by atoms with E-state index < -0.39 is 0 Å². The number of hydrogen-bond acceptors (Lipinski definition) is 6. The van der Waals surface area contributed by atoms with E-state index in [1.54, 1.807) is 28.4 Å². The number of amides is 1. The number of likely N-dealkylation sites (N-methyl/N-ethyl adjacent to an activating group) is 1. The van der Waals surface area contributed by atoms with Crippen LogP contribution < -0.4 is 18.9 Å². The largest absolute Gasteiger partial charge is 0.496 e. The van der Waals surface area contributed by atoms with E-state index in [2.05, 4.69) is 17.9 Å². The third-order valence-corrected chi connectivity index (χ3v) is 7.11. The summed E-state index contributed by atoms with van der Waals surface area (Å²) < 4.78 is 22.8. The van der Waals surface area contributed by atoms with Crippen molar-refractivity contribution in [2.45, 2.75) is 31.5 Å². The Labute approximate surface area is 188 Å². The van der Waals surface area contributed by atoms with Gasteiger partial charge in [-0.2, -0.15) is 0 Å². The topological polar surface area (TPSA) is 60.5 Å². The molecular formula is C25H28N2O5. The summed E-state index contributed by atoms with van der Waals surface area (Å²) in [5.41, 5.74) is 4.90. The fourth-order valence-corrected chi connectivity index (χ4v) is 5.63. The van der Waals surface area contributed by atoms with E-state index in [0.717, 1.165) is 50.9 Å². The van der Waals surface area contributed by atoms with Gasteiger partial charge in [-0.25, -0.2) is 0 Å². The predicted molar refractivity (Wildman–Crippen MR) is 120 cm³/mol. The quantitative estimate of drug-likeness (QED) is 0.730. The first-order valence-electron chi connectivity index (χ1n) is 10.7. The number of nitrogens with zero attached hydrogens (tertiary/aromatic N) is 2. The molecule has 1 fully saturated rings. The predicted octanol–water partition coefficient (Wildman–Crippen LogP) is 3.58. The fraction of sp³-hybridized carbons (Fsp3) is 0.400. The molecule has 3 atom stereocenters. The van der Waals surface area contributed by atoms with E-state index in [1.165, 1.54) is 0 Å². The Morgan fingerprint density at radius 1 is 0.844 bits per heavy atom. The van der Waals surface area contributed by atoms with Gasteiger partial charge in [0.15, 0.2) is 0 Å². The van der Waals surface area contributed by atoms with Crippen LogP contribution in [0.25, 0.3) is 6.08 Å². The summed E-state index contributed by atoms with van der Waals surface area (Å²) in [6.07, 6.45) is 2.64. The van der Waals surface area contributed by atoms with E-state index in [0.29, 0.717) is 6.42 Å². The van der Waals surface area contributed by atoms with E-state index >= 15 is 0 Å². The van der Waals surface area contributed by atoms with Gasteiger partial charge in [0.2, 0.25) is 5.91 Å². The molecule has 0 aliphatic carbocycles. The van der Waals surface area contributed by atoms with Crippen LogP contribution in [0.15, 0.2) is 30.0 Å². The second kappa shape index (κ2) is 7.45. The second-order valence-electron chi connectivity index (χ2n) is 8.40. The van der Waals surface area contributed by atoms with Gasteiger partial charge >= 0.3 is 0 Å². The van der Waals surface area contributed by atoms with Gasteiger partial charge in [-0.05, 0) is 44.3 Å². The minimum atomic E-state index is -0.286. The van der Waals surface area contributed by atoms with Gasteiger partial charge < -0.3 is 23.8 Å². The van der Waals surface area contributed by atoms with Crippen LogP contribution in [0.1, 0.15) is 41.3 Å². The first-order chi connectivity index (χ1) is 15.5. The normalized spacial score (nSPS) is 23.6. The molecule has 2 aromatic carbocycles. The first-order valence-corrected chi connectivity index (χ1v) is 10.7. The highest BCUT2D eigenvalue weighted by Gasteiger charge is 2.51. The third kappa shape index (κ3) is 2.60. The molecule has 2 bridgehead atoms. The maximum absolute atomic E-state index is 13.8. The zero-order valence-corrected chi connectivity index (χ0v) is 19.3. The Hall–Kier alpha value is -3.19. The van der Waals surface area contributed by atoms with Crippen molar-refractivity contribution < 1.29 is 23.7 Å².